The highest BCUT2D eigenvalue weighted by molar-refractivity contribution is 5.87. The molecule has 8 nitrogen and oxygen atoms in total. The van der Waals surface area contributed by atoms with Crippen molar-refractivity contribution in [3.05, 3.63) is 23.3 Å². The molecule has 1 fully saturated rings. The lowest BCUT2D eigenvalue weighted by Gasteiger charge is -2.38. The molecule has 2 aliphatic rings. The van der Waals surface area contributed by atoms with Gasteiger partial charge in [-0.3, -0.25) is 9.59 Å². The van der Waals surface area contributed by atoms with Crippen molar-refractivity contribution in [1.82, 2.24) is 0 Å². The molecule has 8 atom stereocenters. The Labute approximate surface area is 209 Å². The van der Waals surface area contributed by atoms with E-state index in [0.717, 1.165) is 5.57 Å². The van der Waals surface area contributed by atoms with Gasteiger partial charge in [0.15, 0.2) is 0 Å². The Hall–Kier alpha value is -2.19. The quantitative estimate of drug-likeness (QED) is 0.187. The first kappa shape index (κ1) is 29.0. The number of ether oxygens (including phenoxy) is 4. The summed E-state index contributed by atoms with van der Waals surface area (Å²) in [5.74, 6) is -2.94. The average molecular weight is 495 g/mol. The Bertz CT molecular complexity index is 859. The Morgan fingerprint density at radius 2 is 1.80 bits per heavy atom. The number of allylic oxidation sites excluding steroid dienone is 2. The Kier molecular flexibility index (Phi) is 9.71. The van der Waals surface area contributed by atoms with Crippen LogP contribution >= 0.6 is 0 Å². The van der Waals surface area contributed by atoms with E-state index in [1.807, 2.05) is 33.8 Å². The summed E-state index contributed by atoms with van der Waals surface area (Å²) in [7, 11) is 0. The van der Waals surface area contributed by atoms with Crippen LogP contribution in [-0.2, 0) is 33.3 Å². The molecule has 198 valence electrons. The smallest absolute Gasteiger partial charge is 0.334 e. The molecule has 0 amide bonds. The average Bonchev–Trinajstić information content (AvgIpc) is 3.44. The van der Waals surface area contributed by atoms with Gasteiger partial charge >= 0.3 is 17.9 Å². The van der Waals surface area contributed by atoms with E-state index in [1.165, 1.54) is 6.92 Å². The van der Waals surface area contributed by atoms with Crippen molar-refractivity contribution in [2.75, 3.05) is 0 Å². The van der Waals surface area contributed by atoms with Gasteiger partial charge in [0.1, 0.15) is 30.5 Å². The molecule has 0 aromatic rings. The monoisotopic (exact) mass is 494 g/mol. The van der Waals surface area contributed by atoms with Crippen molar-refractivity contribution in [3.8, 4) is 0 Å². The summed E-state index contributed by atoms with van der Waals surface area (Å²) in [6.07, 6.45) is 1.10. The largest absolute Gasteiger partial charge is 0.462 e. The molecule has 1 aliphatic carbocycles. The number of carbonyl (C=O) groups is 3. The van der Waals surface area contributed by atoms with Crippen molar-refractivity contribution >= 4 is 17.9 Å². The fourth-order valence-electron chi connectivity index (χ4n) is 4.64. The van der Waals surface area contributed by atoms with Gasteiger partial charge in [0.2, 0.25) is 0 Å². The number of esters is 3. The molecule has 1 N–H and O–H groups in total. The molecule has 0 aromatic carbocycles. The Balaban J connectivity index is 2.42. The molecule has 35 heavy (non-hydrogen) atoms. The van der Waals surface area contributed by atoms with E-state index in [4.69, 9.17) is 18.9 Å². The van der Waals surface area contributed by atoms with Crippen LogP contribution in [0.15, 0.2) is 23.3 Å². The number of aliphatic hydroxyl groups is 1. The van der Waals surface area contributed by atoms with Crippen LogP contribution in [0.4, 0.5) is 0 Å². The lowest BCUT2D eigenvalue weighted by molar-refractivity contribution is -0.174. The van der Waals surface area contributed by atoms with Gasteiger partial charge in [-0.15, -0.1) is 0 Å². The first-order valence-electron chi connectivity index (χ1n) is 12.5. The molecule has 1 heterocycles. The van der Waals surface area contributed by atoms with Crippen LogP contribution in [0, 0.1) is 17.8 Å². The van der Waals surface area contributed by atoms with E-state index in [-0.39, 0.29) is 5.92 Å². The Morgan fingerprint density at radius 3 is 2.34 bits per heavy atom. The molecule has 0 aromatic heterocycles. The van der Waals surface area contributed by atoms with Gasteiger partial charge in [0, 0.05) is 18.4 Å². The van der Waals surface area contributed by atoms with Crippen LogP contribution in [0.1, 0.15) is 75.2 Å². The van der Waals surface area contributed by atoms with Gasteiger partial charge in [-0.2, -0.15) is 0 Å². The second kappa shape index (κ2) is 11.7. The van der Waals surface area contributed by atoms with Gasteiger partial charge in [0.25, 0.3) is 0 Å². The molecule has 0 spiro atoms. The molecule has 0 radical (unpaired) electrons. The topological polar surface area (TPSA) is 112 Å². The molecule has 0 saturated carbocycles. The van der Waals surface area contributed by atoms with Crippen molar-refractivity contribution in [2.24, 2.45) is 17.8 Å². The first-order chi connectivity index (χ1) is 16.2. The highest BCUT2D eigenvalue weighted by Crippen LogP contribution is 2.48. The standard InChI is InChI=1S/C27H42O8/c1-10-15(4)25(30)33-22-16(5)12-11-13-27(9)24(35-27)23(20(14(2)3)21(22)29)34-26(31)17(6)18(7)32-19(8)28/h10,12,14,17-18,20-24,29H,11,13H2,1-9H3/b15-10+,16-12+/t17-,18+,20+,21+,22+,23+,24-,27-/m1/s1. The van der Waals surface area contributed by atoms with E-state index in [0.29, 0.717) is 18.4 Å². The zero-order chi connectivity index (χ0) is 26.7. The van der Waals surface area contributed by atoms with Crippen LogP contribution < -0.4 is 0 Å². The van der Waals surface area contributed by atoms with Crippen molar-refractivity contribution in [1.29, 1.82) is 0 Å². The number of fused-ring (bicyclic) bond motifs is 1. The fourth-order valence-corrected chi connectivity index (χ4v) is 4.64. The maximum atomic E-state index is 13.1. The second-order valence-electron chi connectivity index (χ2n) is 10.5. The van der Waals surface area contributed by atoms with Crippen molar-refractivity contribution < 1.29 is 38.4 Å². The third-order valence-corrected chi connectivity index (χ3v) is 7.32. The van der Waals surface area contributed by atoms with Crippen molar-refractivity contribution in [3.63, 3.8) is 0 Å². The number of rotatable bonds is 7. The molecular formula is C27H42O8. The lowest BCUT2D eigenvalue weighted by atomic mass is 9.77. The second-order valence-corrected chi connectivity index (χ2v) is 10.5. The third kappa shape index (κ3) is 6.94. The number of carbonyl (C=O) groups excluding carboxylic acids is 3. The zero-order valence-corrected chi connectivity index (χ0v) is 22.5. The molecule has 1 aliphatic heterocycles. The predicted octanol–water partition coefficient (Wildman–Crippen LogP) is 3.89. The first-order valence-corrected chi connectivity index (χ1v) is 12.5. The summed E-state index contributed by atoms with van der Waals surface area (Å²) < 4.78 is 23.0. The molecule has 1 saturated heterocycles. The molecule has 0 bridgehead atoms. The van der Waals surface area contributed by atoms with E-state index in [1.54, 1.807) is 33.8 Å². The number of hydrogen-bond donors (Lipinski definition) is 1. The van der Waals surface area contributed by atoms with E-state index in [2.05, 4.69) is 0 Å². The summed E-state index contributed by atoms with van der Waals surface area (Å²) in [6.45, 7) is 15.7. The predicted molar refractivity (Wildman–Crippen MR) is 130 cm³/mol. The third-order valence-electron chi connectivity index (χ3n) is 7.32. The summed E-state index contributed by atoms with van der Waals surface area (Å²) in [4.78, 5) is 37.1. The normalized spacial score (nSPS) is 34.5. The summed E-state index contributed by atoms with van der Waals surface area (Å²) in [6, 6.07) is 0. The minimum Gasteiger partial charge on any atom is -0.462 e. The van der Waals surface area contributed by atoms with Crippen LogP contribution in [-0.4, -0.2) is 59.1 Å². The molecule has 2 rings (SSSR count). The van der Waals surface area contributed by atoms with Crippen LogP contribution in [0.3, 0.4) is 0 Å². The fraction of sp³-hybridized carbons (Fsp3) is 0.741. The highest BCUT2D eigenvalue weighted by Gasteiger charge is 2.61. The number of aliphatic hydroxyl groups excluding tert-OH is 1. The van der Waals surface area contributed by atoms with Crippen molar-refractivity contribution in [2.45, 2.75) is 111 Å². The van der Waals surface area contributed by atoms with Gasteiger partial charge in [-0.1, -0.05) is 26.0 Å². The van der Waals surface area contributed by atoms with Gasteiger partial charge in [-0.25, -0.2) is 4.79 Å². The maximum Gasteiger partial charge on any atom is 0.334 e. The maximum absolute atomic E-state index is 13.1. The van der Waals surface area contributed by atoms with Crippen LogP contribution in [0.5, 0.6) is 0 Å². The number of epoxide rings is 1. The van der Waals surface area contributed by atoms with Crippen LogP contribution in [0.2, 0.25) is 0 Å². The highest BCUT2D eigenvalue weighted by atomic mass is 16.6. The molecule has 0 unspecified atom stereocenters. The van der Waals surface area contributed by atoms with E-state index in [9.17, 15) is 19.5 Å². The zero-order valence-electron chi connectivity index (χ0n) is 22.5. The van der Waals surface area contributed by atoms with Gasteiger partial charge in [-0.05, 0) is 65.9 Å². The number of hydrogen-bond acceptors (Lipinski definition) is 8. The Morgan fingerprint density at radius 1 is 1.17 bits per heavy atom. The van der Waals surface area contributed by atoms with Gasteiger partial charge < -0.3 is 24.1 Å². The summed E-state index contributed by atoms with van der Waals surface area (Å²) in [5.41, 5.74) is 0.687. The lowest BCUT2D eigenvalue weighted by Crippen LogP contribution is -2.50. The van der Waals surface area contributed by atoms with Crippen LogP contribution in [0.25, 0.3) is 0 Å². The van der Waals surface area contributed by atoms with Gasteiger partial charge in [0.05, 0.1) is 11.5 Å². The minimum atomic E-state index is -1.13. The molecular weight excluding hydrogens is 452 g/mol. The van der Waals surface area contributed by atoms with E-state index >= 15 is 0 Å². The van der Waals surface area contributed by atoms with E-state index < -0.39 is 65.9 Å². The molecule has 8 heteroatoms. The summed E-state index contributed by atoms with van der Waals surface area (Å²) >= 11 is 0. The SMILES string of the molecule is C/C=C(\C)C(=O)O[C@H]1/C(C)=C/CC[C@@]2(C)O[C@@H]2[C@@H](OC(=O)[C@H](C)[C@H](C)OC(C)=O)[C@@H](C(C)C)[C@@H]1O. The minimum absolute atomic E-state index is 0.131. The summed E-state index contributed by atoms with van der Waals surface area (Å²) in [5, 5.41) is 11.6.